The van der Waals surface area contributed by atoms with Crippen molar-refractivity contribution in [3.8, 4) is 0 Å². The quantitative estimate of drug-likeness (QED) is 0.326. The van der Waals surface area contributed by atoms with Crippen LogP contribution in [0.4, 0.5) is 0 Å². The van der Waals surface area contributed by atoms with Gasteiger partial charge in [-0.1, -0.05) is 20.3 Å². The number of aliphatic imine (C=N–C) groups is 1. The molecule has 0 spiro atoms. The van der Waals surface area contributed by atoms with Gasteiger partial charge < -0.3 is 16.8 Å². The summed E-state index contributed by atoms with van der Waals surface area (Å²) in [6.07, 6.45) is 3.44. The Morgan fingerprint density at radius 2 is 1.77 bits per heavy atom. The molecule has 0 aliphatic rings. The van der Waals surface area contributed by atoms with Gasteiger partial charge in [-0.2, -0.15) is 0 Å². The van der Waals surface area contributed by atoms with Crippen molar-refractivity contribution in [2.24, 2.45) is 16.5 Å². The lowest BCUT2D eigenvalue weighted by Gasteiger charge is -1.97. The molecule has 0 rings (SSSR count). The molecule has 0 aliphatic carbocycles. The van der Waals surface area contributed by atoms with Crippen LogP contribution in [-0.4, -0.2) is 26.1 Å². The molecule has 0 atom stereocenters. The molecule has 0 aromatic heterocycles. The topological polar surface area (TPSA) is 76.4 Å². The molecule has 4 heteroatoms. The van der Waals surface area contributed by atoms with Crippen LogP contribution in [0.15, 0.2) is 4.99 Å². The van der Waals surface area contributed by atoms with E-state index in [0.717, 1.165) is 19.5 Å². The Kier molecular flexibility index (Phi) is 15.6. The van der Waals surface area contributed by atoms with E-state index in [2.05, 4.69) is 10.3 Å². The second-order valence-corrected chi connectivity index (χ2v) is 2.47. The van der Waals surface area contributed by atoms with E-state index in [-0.39, 0.29) is 5.96 Å². The summed E-state index contributed by atoms with van der Waals surface area (Å²) >= 11 is 0. The molecule has 0 radical (unpaired) electrons. The van der Waals surface area contributed by atoms with Gasteiger partial charge in [0, 0.05) is 6.54 Å². The third kappa shape index (κ3) is 18.3. The normalized spacial score (nSPS) is 8.54. The van der Waals surface area contributed by atoms with Crippen molar-refractivity contribution in [2.75, 3.05) is 20.1 Å². The van der Waals surface area contributed by atoms with Crippen LogP contribution in [0, 0.1) is 0 Å². The van der Waals surface area contributed by atoms with E-state index < -0.39 is 0 Å². The number of unbranched alkanes of at least 4 members (excludes halogenated alkanes) is 2. The van der Waals surface area contributed by atoms with Crippen molar-refractivity contribution in [3.05, 3.63) is 0 Å². The van der Waals surface area contributed by atoms with Crippen LogP contribution in [0.1, 0.15) is 33.1 Å². The molecule has 0 saturated heterocycles. The standard InChI is InChI=1S/C7H18N4.C2H6/c1-10-5-3-2-4-6-11-7(8)9;1-2/h10H,2-6H2,1H3,(H4,8,9,11);1-2H3. The van der Waals surface area contributed by atoms with Gasteiger partial charge in [0.1, 0.15) is 0 Å². The Labute approximate surface area is 81.8 Å². The number of nitrogens with one attached hydrogen (secondary N) is 1. The highest BCUT2D eigenvalue weighted by Gasteiger charge is 1.86. The molecule has 0 heterocycles. The first-order valence-corrected chi connectivity index (χ1v) is 4.97. The fourth-order valence-electron chi connectivity index (χ4n) is 0.799. The summed E-state index contributed by atoms with van der Waals surface area (Å²) < 4.78 is 0. The monoisotopic (exact) mass is 188 g/mol. The smallest absolute Gasteiger partial charge is 0.185 e. The fraction of sp³-hybridized carbons (Fsp3) is 0.889. The molecule has 13 heavy (non-hydrogen) atoms. The van der Waals surface area contributed by atoms with E-state index in [1.54, 1.807) is 0 Å². The van der Waals surface area contributed by atoms with Crippen molar-refractivity contribution >= 4 is 5.96 Å². The zero-order chi connectivity index (χ0) is 10.5. The maximum absolute atomic E-state index is 5.15. The largest absolute Gasteiger partial charge is 0.370 e. The zero-order valence-corrected chi connectivity index (χ0v) is 9.14. The lowest BCUT2D eigenvalue weighted by atomic mass is 10.2. The van der Waals surface area contributed by atoms with Crippen LogP contribution in [-0.2, 0) is 0 Å². The number of nitrogens with two attached hydrogens (primary N) is 2. The maximum atomic E-state index is 5.15. The van der Waals surface area contributed by atoms with Crippen molar-refractivity contribution in [1.82, 2.24) is 5.32 Å². The highest BCUT2D eigenvalue weighted by Crippen LogP contribution is 1.93. The molecule has 80 valence electrons. The first kappa shape index (κ1) is 14.7. The summed E-state index contributed by atoms with van der Waals surface area (Å²) in [7, 11) is 1.95. The van der Waals surface area contributed by atoms with Gasteiger partial charge in [0.05, 0.1) is 0 Å². The molecular weight excluding hydrogens is 164 g/mol. The van der Waals surface area contributed by atoms with Crippen molar-refractivity contribution in [3.63, 3.8) is 0 Å². The molecule has 0 fully saturated rings. The highest BCUT2D eigenvalue weighted by atomic mass is 15.0. The molecule has 0 aliphatic heterocycles. The summed E-state index contributed by atoms with van der Waals surface area (Å²) in [6, 6.07) is 0. The van der Waals surface area contributed by atoms with Gasteiger partial charge in [0.2, 0.25) is 0 Å². The Balaban J connectivity index is 0. The van der Waals surface area contributed by atoms with E-state index in [1.165, 1.54) is 12.8 Å². The predicted molar refractivity (Wildman–Crippen MR) is 59.8 cm³/mol. The molecule has 5 N–H and O–H groups in total. The number of rotatable bonds is 6. The van der Waals surface area contributed by atoms with Gasteiger partial charge >= 0.3 is 0 Å². The lowest BCUT2D eigenvalue weighted by Crippen LogP contribution is -2.22. The number of nitrogens with zero attached hydrogens (tertiary/aromatic N) is 1. The van der Waals surface area contributed by atoms with Crippen molar-refractivity contribution in [2.45, 2.75) is 33.1 Å². The van der Waals surface area contributed by atoms with Crippen LogP contribution in [0.3, 0.4) is 0 Å². The van der Waals surface area contributed by atoms with Crippen molar-refractivity contribution < 1.29 is 0 Å². The molecule has 0 bridgehead atoms. The van der Waals surface area contributed by atoms with Crippen LogP contribution in [0.2, 0.25) is 0 Å². The highest BCUT2D eigenvalue weighted by molar-refractivity contribution is 5.75. The molecular formula is C9H24N4. The van der Waals surface area contributed by atoms with Crippen LogP contribution in [0.5, 0.6) is 0 Å². The Hall–Kier alpha value is -0.770. The van der Waals surface area contributed by atoms with E-state index in [4.69, 9.17) is 11.5 Å². The van der Waals surface area contributed by atoms with E-state index in [1.807, 2.05) is 20.9 Å². The Morgan fingerprint density at radius 1 is 1.15 bits per heavy atom. The lowest BCUT2D eigenvalue weighted by molar-refractivity contribution is 0.648. The number of hydrogen-bond acceptors (Lipinski definition) is 2. The third-order valence-electron chi connectivity index (χ3n) is 1.38. The van der Waals surface area contributed by atoms with Gasteiger partial charge in [-0.15, -0.1) is 0 Å². The van der Waals surface area contributed by atoms with Gasteiger partial charge in [-0.3, -0.25) is 4.99 Å². The molecule has 0 aromatic carbocycles. The SMILES string of the molecule is CC.CNCCCCCN=C(N)N. The molecule has 0 saturated carbocycles. The summed E-state index contributed by atoms with van der Waals surface area (Å²) in [5, 5.41) is 3.08. The van der Waals surface area contributed by atoms with Crippen molar-refractivity contribution in [1.29, 1.82) is 0 Å². The second-order valence-electron chi connectivity index (χ2n) is 2.47. The van der Waals surface area contributed by atoms with Gasteiger partial charge in [0.15, 0.2) is 5.96 Å². The molecule has 0 amide bonds. The van der Waals surface area contributed by atoms with Crippen LogP contribution < -0.4 is 16.8 Å². The minimum Gasteiger partial charge on any atom is -0.370 e. The van der Waals surface area contributed by atoms with E-state index in [9.17, 15) is 0 Å². The number of hydrogen-bond donors (Lipinski definition) is 3. The van der Waals surface area contributed by atoms with E-state index in [0.29, 0.717) is 0 Å². The number of guanidine groups is 1. The predicted octanol–water partition coefficient (Wildman–Crippen LogP) is 0.676. The van der Waals surface area contributed by atoms with Crippen LogP contribution >= 0.6 is 0 Å². The van der Waals surface area contributed by atoms with Crippen LogP contribution in [0.25, 0.3) is 0 Å². The molecule has 0 unspecified atom stereocenters. The summed E-state index contributed by atoms with van der Waals surface area (Å²) in [6.45, 7) is 5.83. The maximum Gasteiger partial charge on any atom is 0.185 e. The second kappa shape index (κ2) is 13.8. The minimum absolute atomic E-state index is 0.193. The van der Waals surface area contributed by atoms with Gasteiger partial charge in [-0.25, -0.2) is 0 Å². The fourth-order valence-corrected chi connectivity index (χ4v) is 0.799. The van der Waals surface area contributed by atoms with E-state index >= 15 is 0 Å². The Morgan fingerprint density at radius 3 is 2.23 bits per heavy atom. The average molecular weight is 188 g/mol. The first-order valence-electron chi connectivity index (χ1n) is 4.97. The summed E-state index contributed by atoms with van der Waals surface area (Å²) in [5.74, 6) is 0.193. The van der Waals surface area contributed by atoms with Gasteiger partial charge in [-0.05, 0) is 26.4 Å². The molecule has 0 aromatic rings. The molecule has 4 nitrogen and oxygen atoms in total. The van der Waals surface area contributed by atoms with Gasteiger partial charge in [0.25, 0.3) is 0 Å². The first-order chi connectivity index (χ1) is 6.27. The third-order valence-corrected chi connectivity index (χ3v) is 1.38. The zero-order valence-electron chi connectivity index (χ0n) is 9.14. The minimum atomic E-state index is 0.193. The Bertz CT molecular complexity index is 108. The summed E-state index contributed by atoms with van der Waals surface area (Å²) in [5.41, 5.74) is 10.3. The average Bonchev–Trinajstić information content (AvgIpc) is 2.14. The summed E-state index contributed by atoms with van der Waals surface area (Å²) in [4.78, 5) is 3.87.